The molecule has 3 nitrogen and oxygen atoms in total. The van der Waals surface area contributed by atoms with Crippen molar-refractivity contribution in [3.8, 4) is 0 Å². The van der Waals surface area contributed by atoms with Crippen LogP contribution in [0.3, 0.4) is 0 Å². The molecule has 17 heavy (non-hydrogen) atoms. The number of anilines is 1. The Morgan fingerprint density at radius 2 is 2.06 bits per heavy atom. The summed E-state index contributed by atoms with van der Waals surface area (Å²) in [4.78, 5) is 11.5. The Bertz CT molecular complexity index is 445. The number of carbonyl (C=O) groups excluding carboxylic acids is 1. The summed E-state index contributed by atoms with van der Waals surface area (Å²) in [7, 11) is 0. The molecule has 0 spiro atoms. The fraction of sp³-hybridized carbons (Fsp3) is 0.364. The number of hydrogen-bond acceptors (Lipinski definition) is 2. The van der Waals surface area contributed by atoms with Gasteiger partial charge in [0.2, 0.25) is 5.91 Å². The van der Waals surface area contributed by atoms with E-state index in [0.29, 0.717) is 6.42 Å². The van der Waals surface area contributed by atoms with Gasteiger partial charge in [0.05, 0.1) is 11.5 Å². The third-order valence-electron chi connectivity index (χ3n) is 2.63. The van der Waals surface area contributed by atoms with E-state index in [1.165, 1.54) is 12.1 Å². The lowest BCUT2D eigenvalue weighted by Crippen LogP contribution is -2.18. The highest BCUT2D eigenvalue weighted by Crippen LogP contribution is 2.32. The third-order valence-corrected chi connectivity index (χ3v) is 2.63. The number of alkyl halides is 3. The molecule has 2 rings (SSSR count). The normalized spacial score (nSPS) is 23.3. The SMILES string of the molecule is NC1CC1C(=O)Nc1cccc(C(F)(F)F)c1. The van der Waals surface area contributed by atoms with Crippen molar-refractivity contribution >= 4 is 11.6 Å². The summed E-state index contributed by atoms with van der Waals surface area (Å²) in [5.74, 6) is -0.596. The fourth-order valence-corrected chi connectivity index (χ4v) is 1.52. The van der Waals surface area contributed by atoms with Crippen LogP contribution in [0.5, 0.6) is 0 Å². The van der Waals surface area contributed by atoms with Gasteiger partial charge in [0, 0.05) is 11.7 Å². The maximum atomic E-state index is 12.4. The highest BCUT2D eigenvalue weighted by Gasteiger charge is 2.40. The highest BCUT2D eigenvalue weighted by molar-refractivity contribution is 5.95. The van der Waals surface area contributed by atoms with Crippen molar-refractivity contribution in [3.63, 3.8) is 0 Å². The molecule has 1 aliphatic carbocycles. The summed E-state index contributed by atoms with van der Waals surface area (Å²) >= 11 is 0. The zero-order valence-electron chi connectivity index (χ0n) is 8.79. The molecule has 0 heterocycles. The molecule has 3 N–H and O–H groups in total. The first-order valence-corrected chi connectivity index (χ1v) is 5.11. The van der Waals surface area contributed by atoms with Gasteiger partial charge < -0.3 is 11.1 Å². The highest BCUT2D eigenvalue weighted by atomic mass is 19.4. The van der Waals surface area contributed by atoms with E-state index in [1.54, 1.807) is 0 Å². The molecular formula is C11H11F3N2O. The Labute approximate surface area is 95.8 Å². The molecule has 1 aliphatic rings. The number of hydrogen-bond donors (Lipinski definition) is 2. The van der Waals surface area contributed by atoms with Gasteiger partial charge in [-0.2, -0.15) is 13.2 Å². The van der Waals surface area contributed by atoms with Gasteiger partial charge in [-0.3, -0.25) is 4.79 Å². The van der Waals surface area contributed by atoms with E-state index in [0.717, 1.165) is 12.1 Å². The number of benzene rings is 1. The van der Waals surface area contributed by atoms with Crippen molar-refractivity contribution in [1.82, 2.24) is 0 Å². The van der Waals surface area contributed by atoms with Crippen LogP contribution >= 0.6 is 0 Å². The van der Waals surface area contributed by atoms with Gasteiger partial charge in [-0.05, 0) is 24.6 Å². The zero-order valence-corrected chi connectivity index (χ0v) is 8.79. The second-order valence-corrected chi connectivity index (χ2v) is 4.07. The van der Waals surface area contributed by atoms with Crippen molar-refractivity contribution in [2.75, 3.05) is 5.32 Å². The smallest absolute Gasteiger partial charge is 0.327 e. The van der Waals surface area contributed by atoms with Crippen LogP contribution in [0, 0.1) is 5.92 Å². The third kappa shape index (κ3) is 2.76. The molecule has 92 valence electrons. The van der Waals surface area contributed by atoms with Gasteiger partial charge in [-0.15, -0.1) is 0 Å². The molecule has 0 radical (unpaired) electrons. The van der Waals surface area contributed by atoms with Crippen molar-refractivity contribution in [1.29, 1.82) is 0 Å². The first-order valence-electron chi connectivity index (χ1n) is 5.11. The van der Waals surface area contributed by atoms with Gasteiger partial charge in [0.15, 0.2) is 0 Å². The first kappa shape index (κ1) is 11.9. The minimum Gasteiger partial charge on any atom is -0.327 e. The summed E-state index contributed by atoms with van der Waals surface area (Å²) < 4.78 is 37.2. The molecule has 2 unspecified atom stereocenters. The van der Waals surface area contributed by atoms with Gasteiger partial charge in [-0.25, -0.2) is 0 Å². The van der Waals surface area contributed by atoms with Gasteiger partial charge in [0.1, 0.15) is 0 Å². The summed E-state index contributed by atoms with van der Waals surface area (Å²) in [6, 6.07) is 4.37. The number of amides is 1. The maximum absolute atomic E-state index is 12.4. The van der Waals surface area contributed by atoms with E-state index < -0.39 is 11.7 Å². The summed E-state index contributed by atoms with van der Waals surface area (Å²) in [5, 5.41) is 2.43. The van der Waals surface area contributed by atoms with Crippen molar-refractivity contribution in [3.05, 3.63) is 29.8 Å². The zero-order chi connectivity index (χ0) is 12.6. The van der Waals surface area contributed by atoms with Gasteiger partial charge >= 0.3 is 6.18 Å². The lowest BCUT2D eigenvalue weighted by Gasteiger charge is -2.09. The van der Waals surface area contributed by atoms with Gasteiger partial charge in [-0.1, -0.05) is 6.07 Å². The topological polar surface area (TPSA) is 55.1 Å². The predicted molar refractivity (Wildman–Crippen MR) is 56.2 cm³/mol. The first-order chi connectivity index (χ1) is 7.88. The average molecular weight is 244 g/mol. The molecule has 1 aromatic rings. The van der Waals surface area contributed by atoms with Crippen LogP contribution in [0.25, 0.3) is 0 Å². The van der Waals surface area contributed by atoms with E-state index >= 15 is 0 Å². The summed E-state index contributed by atoms with van der Waals surface area (Å²) in [6.45, 7) is 0. The lowest BCUT2D eigenvalue weighted by molar-refractivity contribution is -0.137. The Balaban J connectivity index is 2.09. The van der Waals surface area contributed by atoms with Crippen molar-refractivity contribution in [2.45, 2.75) is 18.6 Å². The minimum absolute atomic E-state index is 0.143. The maximum Gasteiger partial charge on any atom is 0.416 e. The molecule has 6 heteroatoms. The Morgan fingerprint density at radius 3 is 2.59 bits per heavy atom. The largest absolute Gasteiger partial charge is 0.416 e. The van der Waals surface area contributed by atoms with Crippen LogP contribution in [-0.4, -0.2) is 11.9 Å². The molecule has 2 atom stereocenters. The minimum atomic E-state index is -4.41. The molecule has 0 saturated heterocycles. The number of halogens is 3. The molecule has 1 saturated carbocycles. The summed E-state index contributed by atoms with van der Waals surface area (Å²) in [6.07, 6.45) is -3.82. The molecule has 0 aliphatic heterocycles. The van der Waals surface area contributed by atoms with Crippen LogP contribution in [0.15, 0.2) is 24.3 Å². The van der Waals surface area contributed by atoms with Crippen molar-refractivity contribution < 1.29 is 18.0 Å². The van der Waals surface area contributed by atoms with Crippen LogP contribution in [-0.2, 0) is 11.0 Å². The molecular weight excluding hydrogens is 233 g/mol. The van der Waals surface area contributed by atoms with E-state index in [-0.39, 0.29) is 23.6 Å². The van der Waals surface area contributed by atoms with E-state index in [4.69, 9.17) is 5.73 Å². The Hall–Kier alpha value is -1.56. The second kappa shape index (κ2) is 4.03. The van der Waals surface area contributed by atoms with Crippen LogP contribution < -0.4 is 11.1 Å². The molecule has 0 bridgehead atoms. The van der Waals surface area contributed by atoms with E-state index in [1.807, 2.05) is 0 Å². The number of nitrogens with two attached hydrogens (primary N) is 1. The monoisotopic (exact) mass is 244 g/mol. The van der Waals surface area contributed by atoms with Crippen LogP contribution in [0.4, 0.5) is 18.9 Å². The fourth-order valence-electron chi connectivity index (χ4n) is 1.52. The van der Waals surface area contributed by atoms with Crippen LogP contribution in [0.2, 0.25) is 0 Å². The second-order valence-electron chi connectivity index (χ2n) is 4.07. The Kier molecular flexibility index (Phi) is 2.82. The van der Waals surface area contributed by atoms with Crippen LogP contribution in [0.1, 0.15) is 12.0 Å². The lowest BCUT2D eigenvalue weighted by atomic mass is 10.2. The summed E-state index contributed by atoms with van der Waals surface area (Å²) in [5.41, 5.74) is 4.84. The Morgan fingerprint density at radius 1 is 1.41 bits per heavy atom. The predicted octanol–water partition coefficient (Wildman–Crippen LogP) is 1.99. The standard InChI is InChI=1S/C11H11F3N2O/c12-11(13,14)6-2-1-3-7(4-6)16-10(17)8-5-9(8)15/h1-4,8-9H,5,15H2,(H,16,17). The van der Waals surface area contributed by atoms with E-state index in [2.05, 4.69) is 5.32 Å². The van der Waals surface area contributed by atoms with E-state index in [9.17, 15) is 18.0 Å². The number of carbonyl (C=O) groups is 1. The average Bonchev–Trinajstić information content (AvgIpc) is 2.95. The van der Waals surface area contributed by atoms with Gasteiger partial charge in [0.25, 0.3) is 0 Å². The quantitative estimate of drug-likeness (QED) is 0.835. The van der Waals surface area contributed by atoms with Crippen molar-refractivity contribution in [2.24, 2.45) is 11.7 Å². The number of nitrogens with one attached hydrogen (secondary N) is 1. The number of rotatable bonds is 2. The molecule has 1 aromatic carbocycles. The molecule has 1 fully saturated rings. The molecule has 1 amide bonds. The molecule has 0 aromatic heterocycles.